The Balaban J connectivity index is 2.04. The van der Waals surface area contributed by atoms with Crippen molar-refractivity contribution in [1.29, 1.82) is 0 Å². The number of primary amides is 1. The van der Waals surface area contributed by atoms with E-state index in [-0.39, 0.29) is 12.2 Å². The number of phenolic OH excluding ortho intramolecular Hbond substituents is 1. The van der Waals surface area contributed by atoms with E-state index in [1.165, 1.54) is 6.07 Å². The summed E-state index contributed by atoms with van der Waals surface area (Å²) in [4.78, 5) is 15.1. The van der Waals surface area contributed by atoms with Gasteiger partial charge in [-0.2, -0.15) is 0 Å². The second-order valence-electron chi connectivity index (χ2n) is 5.13. The molecule has 0 aromatic heterocycles. The maximum atomic E-state index is 11.3. The molecule has 0 radical (unpaired) electrons. The van der Waals surface area contributed by atoms with Crippen LogP contribution in [0.4, 0.5) is 0 Å². The van der Waals surface area contributed by atoms with Crippen molar-refractivity contribution in [3.05, 3.63) is 59.7 Å². The molecule has 0 unspecified atom stereocenters. The van der Waals surface area contributed by atoms with Crippen LogP contribution in [0.5, 0.6) is 11.5 Å². The molecular weight excluding hydrogens is 307 g/mol. The van der Waals surface area contributed by atoms with Crippen LogP contribution in [0.3, 0.4) is 0 Å². The summed E-state index contributed by atoms with van der Waals surface area (Å²) in [5.74, 6) is -0.336. The molecular formula is C17H17BN2O4. The second kappa shape index (κ2) is 8.62. The van der Waals surface area contributed by atoms with Crippen molar-refractivity contribution in [1.82, 2.24) is 0 Å². The summed E-state index contributed by atoms with van der Waals surface area (Å²) in [5, 5.41) is 10.1. The van der Waals surface area contributed by atoms with Crippen molar-refractivity contribution in [2.45, 2.75) is 19.1 Å². The van der Waals surface area contributed by atoms with E-state index in [9.17, 15) is 14.6 Å². The molecule has 0 spiro atoms. The zero-order valence-corrected chi connectivity index (χ0v) is 13.0. The molecule has 2 aromatic carbocycles. The maximum absolute atomic E-state index is 11.3. The van der Waals surface area contributed by atoms with Crippen molar-refractivity contribution in [3.63, 3.8) is 0 Å². The molecule has 0 aliphatic heterocycles. The first-order valence-corrected chi connectivity index (χ1v) is 7.35. The van der Waals surface area contributed by atoms with E-state index in [2.05, 4.69) is 4.99 Å². The second-order valence-corrected chi connectivity index (χ2v) is 5.13. The number of benzene rings is 2. The van der Waals surface area contributed by atoms with Crippen LogP contribution in [0.25, 0.3) is 0 Å². The number of ether oxygens (including phenoxy) is 1. The number of carbonyl (C=O) groups excluding carboxylic acids is 1. The van der Waals surface area contributed by atoms with Gasteiger partial charge in [0.05, 0.1) is 0 Å². The van der Waals surface area contributed by atoms with Gasteiger partial charge >= 0.3 is 121 Å². The Bertz CT molecular complexity index is 735. The number of aliphatic imine (C=N–C) groups is 1. The van der Waals surface area contributed by atoms with E-state index < -0.39 is 11.9 Å². The molecule has 7 heteroatoms. The summed E-state index contributed by atoms with van der Waals surface area (Å²) in [7, 11) is 0.480. The molecule has 3 N–H and O–H groups in total. The zero-order valence-electron chi connectivity index (χ0n) is 13.0. The van der Waals surface area contributed by atoms with Gasteiger partial charge in [0.2, 0.25) is 0 Å². The monoisotopic (exact) mass is 324 g/mol. The summed E-state index contributed by atoms with van der Waals surface area (Å²) in [6.45, 7) is 0.335. The van der Waals surface area contributed by atoms with Crippen LogP contribution in [0.1, 0.15) is 11.1 Å². The van der Waals surface area contributed by atoms with Gasteiger partial charge in [-0.25, -0.2) is 0 Å². The third kappa shape index (κ3) is 5.05. The first-order valence-electron chi connectivity index (χ1n) is 7.35. The van der Waals surface area contributed by atoms with Crippen molar-refractivity contribution in [2.24, 2.45) is 10.7 Å². The molecule has 6 nitrogen and oxygen atoms in total. The standard InChI is InChI=1S/C17H17BN2O4/c19-17(22)14(20-11-18-23)8-13-6-7-16(15(21)9-13)24-10-12-4-2-1-3-5-12/h1-7,9,11,14,21H,8,10H2,(H2,19,22)/b20-11-/t14-/m0/s1. The first kappa shape index (κ1) is 17.4. The normalized spacial score (nSPS) is 11.8. The minimum atomic E-state index is -0.856. The molecule has 2 rings (SSSR count). The summed E-state index contributed by atoms with van der Waals surface area (Å²) < 4.78 is 15.9. The summed E-state index contributed by atoms with van der Waals surface area (Å²) in [5.41, 5.74) is 6.89. The van der Waals surface area contributed by atoms with Crippen LogP contribution in [0, 0.1) is 0 Å². The van der Waals surface area contributed by atoms with Crippen LogP contribution in [0.2, 0.25) is 0 Å². The summed E-state index contributed by atoms with van der Waals surface area (Å²) in [6.07, 6.45) is 1.18. The number of aromatic hydroxyl groups is 1. The molecule has 0 aliphatic carbocycles. The fourth-order valence-corrected chi connectivity index (χ4v) is 2.14. The van der Waals surface area contributed by atoms with E-state index in [0.717, 1.165) is 11.7 Å². The molecule has 24 heavy (non-hydrogen) atoms. The quantitative estimate of drug-likeness (QED) is 0.566. The van der Waals surface area contributed by atoms with Gasteiger partial charge in [0.1, 0.15) is 0 Å². The van der Waals surface area contributed by atoms with Crippen molar-refractivity contribution < 1.29 is 19.3 Å². The number of nitrogens with zero attached hydrogens (tertiary/aromatic N) is 1. The topological polar surface area (TPSA) is 102 Å². The molecule has 2 aromatic rings. The number of hydrogen-bond donors (Lipinski definition) is 2. The van der Waals surface area contributed by atoms with Crippen molar-refractivity contribution in [3.8, 4) is 11.5 Å². The van der Waals surface area contributed by atoms with Gasteiger partial charge in [0.25, 0.3) is 0 Å². The Hall–Kier alpha value is -2.96. The third-order valence-electron chi connectivity index (χ3n) is 3.34. The van der Waals surface area contributed by atoms with Gasteiger partial charge in [-0.15, -0.1) is 0 Å². The number of amides is 1. The number of nitrogens with two attached hydrogens (primary N) is 1. The SMILES string of the molecule is NC(=O)[C@H](Cc1ccc(OCc2ccccc2)c(O)c1)/N=C\B=O. The fraction of sp³-hybridized carbons (Fsp3) is 0.176. The van der Waals surface area contributed by atoms with Crippen molar-refractivity contribution >= 4 is 19.2 Å². The van der Waals surface area contributed by atoms with E-state index in [4.69, 9.17) is 10.5 Å². The summed E-state index contributed by atoms with van der Waals surface area (Å²) >= 11 is 0. The molecule has 1 amide bonds. The van der Waals surface area contributed by atoms with E-state index in [1.807, 2.05) is 30.3 Å². The Kier molecular flexibility index (Phi) is 6.25. The number of phenols is 1. The Morgan fingerprint density at radius 1 is 1.25 bits per heavy atom. The number of carbonyl (C=O) groups is 1. The first-order chi connectivity index (χ1) is 11.6. The fourth-order valence-electron chi connectivity index (χ4n) is 2.14. The van der Waals surface area contributed by atoms with Gasteiger partial charge in [-0.1, -0.05) is 18.2 Å². The van der Waals surface area contributed by atoms with Crippen molar-refractivity contribution in [2.75, 3.05) is 0 Å². The molecule has 122 valence electrons. The van der Waals surface area contributed by atoms with Gasteiger partial charge < -0.3 is 0 Å². The van der Waals surface area contributed by atoms with Crippen LogP contribution in [0.15, 0.2) is 53.5 Å². The van der Waals surface area contributed by atoms with E-state index in [1.54, 1.807) is 12.1 Å². The van der Waals surface area contributed by atoms with E-state index >= 15 is 0 Å². The average molecular weight is 324 g/mol. The molecule has 0 fully saturated rings. The number of hydrogen-bond acceptors (Lipinski definition) is 5. The number of rotatable bonds is 8. The molecule has 1 atom stereocenters. The van der Waals surface area contributed by atoms with Gasteiger partial charge in [-0.3, -0.25) is 0 Å². The van der Waals surface area contributed by atoms with Crippen LogP contribution < -0.4 is 10.5 Å². The molecule has 0 aliphatic rings. The van der Waals surface area contributed by atoms with Crippen LogP contribution in [-0.2, 0) is 22.5 Å². The molecule has 0 heterocycles. The van der Waals surface area contributed by atoms with Gasteiger partial charge in [0.15, 0.2) is 0 Å². The molecule has 0 bridgehead atoms. The summed E-state index contributed by atoms with van der Waals surface area (Å²) in [6, 6.07) is 13.6. The van der Waals surface area contributed by atoms with E-state index in [0.29, 0.717) is 25.1 Å². The minimum absolute atomic E-state index is 0.0361. The Labute approximate surface area is 140 Å². The third-order valence-corrected chi connectivity index (χ3v) is 3.34. The average Bonchev–Trinajstić information content (AvgIpc) is 2.58. The van der Waals surface area contributed by atoms with Crippen LogP contribution >= 0.6 is 0 Å². The molecule has 0 saturated heterocycles. The predicted octanol–water partition coefficient (Wildman–Crippen LogP) is 1.45. The van der Waals surface area contributed by atoms with Crippen LogP contribution in [-0.4, -0.2) is 30.3 Å². The van der Waals surface area contributed by atoms with Gasteiger partial charge in [-0.05, 0) is 0 Å². The molecule has 0 saturated carbocycles. The predicted molar refractivity (Wildman–Crippen MR) is 90.5 cm³/mol. The Morgan fingerprint density at radius 3 is 2.62 bits per heavy atom. The Morgan fingerprint density at radius 2 is 2.00 bits per heavy atom. The van der Waals surface area contributed by atoms with Gasteiger partial charge in [0, 0.05) is 0 Å². The zero-order chi connectivity index (χ0) is 17.4.